The Morgan fingerprint density at radius 2 is 1.81 bits per heavy atom. The van der Waals surface area contributed by atoms with E-state index in [1.54, 1.807) is 18.3 Å². The fraction of sp³-hybridized carbons (Fsp3) is 0.350. The first kappa shape index (κ1) is 17.0. The van der Waals surface area contributed by atoms with Crippen LogP contribution in [-0.2, 0) is 4.79 Å². The summed E-state index contributed by atoms with van der Waals surface area (Å²) >= 11 is 1.58. The zero-order valence-electron chi connectivity index (χ0n) is 14.7. The second kappa shape index (κ2) is 7.03. The molecule has 4 rings (SSSR count). The van der Waals surface area contributed by atoms with Crippen LogP contribution in [0.1, 0.15) is 32.2 Å². The van der Waals surface area contributed by atoms with Crippen LogP contribution < -0.4 is 5.56 Å². The van der Waals surface area contributed by atoms with E-state index in [1.165, 1.54) is 4.68 Å². The van der Waals surface area contributed by atoms with Gasteiger partial charge in [-0.15, -0.1) is 11.3 Å². The maximum Gasteiger partial charge on any atom is 0.275 e. The smallest absolute Gasteiger partial charge is 0.275 e. The lowest BCUT2D eigenvalue weighted by Crippen LogP contribution is -2.42. The van der Waals surface area contributed by atoms with Crippen molar-refractivity contribution < 1.29 is 4.79 Å². The number of benzene rings is 1. The standard InChI is InChI=1S/C20H21N3O2S/c1-14(19(24)22-11-5-2-6-12-22)23-20(25)16-9-4-3-8-15(16)18(21-23)17-10-7-13-26-17/h3-4,7-10,13-14H,2,5-6,11-12H2,1H3. The molecule has 1 fully saturated rings. The third kappa shape index (κ3) is 2.94. The van der Waals surface area contributed by atoms with E-state index in [9.17, 15) is 9.59 Å². The molecule has 0 aliphatic carbocycles. The van der Waals surface area contributed by atoms with Crippen molar-refractivity contribution in [2.45, 2.75) is 32.2 Å². The van der Waals surface area contributed by atoms with Crippen LogP contribution in [-0.4, -0.2) is 33.7 Å². The molecule has 3 heterocycles. The topological polar surface area (TPSA) is 55.2 Å². The molecule has 1 atom stereocenters. The predicted molar refractivity (Wildman–Crippen MR) is 104 cm³/mol. The van der Waals surface area contributed by atoms with Gasteiger partial charge in [0.25, 0.3) is 5.56 Å². The first-order chi connectivity index (χ1) is 12.7. The highest BCUT2D eigenvalue weighted by atomic mass is 32.1. The zero-order valence-corrected chi connectivity index (χ0v) is 15.5. The van der Waals surface area contributed by atoms with Crippen molar-refractivity contribution in [3.8, 4) is 10.6 Å². The van der Waals surface area contributed by atoms with Crippen LogP contribution in [0, 0.1) is 0 Å². The molecule has 0 N–H and O–H groups in total. The van der Waals surface area contributed by atoms with Gasteiger partial charge in [-0.3, -0.25) is 9.59 Å². The first-order valence-corrected chi connectivity index (χ1v) is 9.89. The van der Waals surface area contributed by atoms with Gasteiger partial charge in [0.15, 0.2) is 0 Å². The second-order valence-corrected chi connectivity index (χ2v) is 7.63. The maximum atomic E-state index is 13.0. The molecule has 134 valence electrons. The van der Waals surface area contributed by atoms with Gasteiger partial charge < -0.3 is 4.90 Å². The van der Waals surface area contributed by atoms with Crippen LogP contribution in [0.2, 0.25) is 0 Å². The predicted octanol–water partition coefficient (Wildman–Crippen LogP) is 3.70. The number of thiophene rings is 1. The van der Waals surface area contributed by atoms with Crippen molar-refractivity contribution in [1.29, 1.82) is 0 Å². The lowest BCUT2D eigenvalue weighted by Gasteiger charge is -2.29. The molecule has 1 unspecified atom stereocenters. The van der Waals surface area contributed by atoms with Gasteiger partial charge in [0.2, 0.25) is 5.91 Å². The van der Waals surface area contributed by atoms with E-state index in [1.807, 2.05) is 46.7 Å². The Bertz CT molecular complexity index is 988. The molecule has 0 bridgehead atoms. The monoisotopic (exact) mass is 367 g/mol. The van der Waals surface area contributed by atoms with E-state index < -0.39 is 6.04 Å². The highest BCUT2D eigenvalue weighted by molar-refractivity contribution is 7.13. The fourth-order valence-corrected chi connectivity index (χ4v) is 4.27. The summed E-state index contributed by atoms with van der Waals surface area (Å²) in [5, 5.41) is 8.04. The average molecular weight is 367 g/mol. The van der Waals surface area contributed by atoms with E-state index in [0.717, 1.165) is 48.3 Å². The molecule has 6 heteroatoms. The number of hydrogen-bond donors (Lipinski definition) is 0. The van der Waals surface area contributed by atoms with Crippen LogP contribution in [0.15, 0.2) is 46.6 Å². The molecule has 0 saturated carbocycles. The van der Waals surface area contributed by atoms with Crippen molar-refractivity contribution >= 4 is 28.0 Å². The van der Waals surface area contributed by atoms with Gasteiger partial charge >= 0.3 is 0 Å². The SMILES string of the molecule is CC(C(=O)N1CCCCC1)n1nc(-c2cccs2)c2ccccc2c1=O. The number of rotatable bonds is 3. The number of carbonyl (C=O) groups is 1. The molecule has 0 radical (unpaired) electrons. The van der Waals surface area contributed by atoms with Crippen LogP contribution in [0.25, 0.3) is 21.3 Å². The molecular weight excluding hydrogens is 346 g/mol. The minimum atomic E-state index is -0.607. The van der Waals surface area contributed by atoms with Crippen molar-refractivity contribution in [3.05, 3.63) is 52.1 Å². The molecule has 2 aromatic heterocycles. The normalized spacial score (nSPS) is 16.0. The van der Waals surface area contributed by atoms with Crippen LogP contribution >= 0.6 is 11.3 Å². The van der Waals surface area contributed by atoms with Gasteiger partial charge in [0.05, 0.1) is 10.3 Å². The van der Waals surface area contributed by atoms with Gasteiger partial charge in [-0.25, -0.2) is 4.68 Å². The maximum absolute atomic E-state index is 13.0. The van der Waals surface area contributed by atoms with Crippen molar-refractivity contribution in [2.75, 3.05) is 13.1 Å². The van der Waals surface area contributed by atoms with E-state index in [0.29, 0.717) is 5.39 Å². The zero-order chi connectivity index (χ0) is 18.1. The molecule has 1 amide bonds. The molecule has 0 spiro atoms. The Balaban J connectivity index is 1.83. The summed E-state index contributed by atoms with van der Waals surface area (Å²) in [5.74, 6) is -0.0216. The third-order valence-corrected chi connectivity index (χ3v) is 5.85. The summed E-state index contributed by atoms with van der Waals surface area (Å²) in [6.07, 6.45) is 3.22. The third-order valence-electron chi connectivity index (χ3n) is 4.97. The van der Waals surface area contributed by atoms with Crippen molar-refractivity contribution in [2.24, 2.45) is 0 Å². The summed E-state index contributed by atoms with van der Waals surface area (Å²) in [6.45, 7) is 3.31. The number of aromatic nitrogens is 2. The quantitative estimate of drug-likeness (QED) is 0.709. The van der Waals surface area contributed by atoms with Crippen LogP contribution in [0.4, 0.5) is 0 Å². The molecule has 5 nitrogen and oxygen atoms in total. The molecule has 1 saturated heterocycles. The Morgan fingerprint density at radius 1 is 1.08 bits per heavy atom. The Kier molecular flexibility index (Phi) is 4.59. The number of hydrogen-bond acceptors (Lipinski definition) is 4. The molecule has 1 aromatic carbocycles. The van der Waals surface area contributed by atoms with Crippen LogP contribution in [0.5, 0.6) is 0 Å². The molecule has 1 aliphatic heterocycles. The number of carbonyl (C=O) groups excluding carboxylic acids is 1. The lowest BCUT2D eigenvalue weighted by molar-refractivity contribution is -0.135. The van der Waals surface area contributed by atoms with Gasteiger partial charge in [-0.05, 0) is 43.7 Å². The van der Waals surface area contributed by atoms with E-state index in [4.69, 9.17) is 0 Å². The average Bonchev–Trinajstić information content (AvgIpc) is 3.23. The largest absolute Gasteiger partial charge is 0.341 e. The van der Waals surface area contributed by atoms with Crippen LogP contribution in [0.3, 0.4) is 0 Å². The van der Waals surface area contributed by atoms with E-state index in [-0.39, 0.29) is 11.5 Å². The highest BCUT2D eigenvalue weighted by Crippen LogP contribution is 2.29. The molecular formula is C20H21N3O2S. The Hall–Kier alpha value is -2.47. The lowest BCUT2D eigenvalue weighted by atomic mass is 10.1. The Labute approximate surface area is 155 Å². The number of likely N-dealkylation sites (tertiary alicyclic amines) is 1. The van der Waals surface area contributed by atoms with Gasteiger partial charge in [-0.1, -0.05) is 24.3 Å². The minimum absolute atomic E-state index is 0.0216. The van der Waals surface area contributed by atoms with Gasteiger partial charge in [-0.2, -0.15) is 5.10 Å². The van der Waals surface area contributed by atoms with Gasteiger partial charge in [0.1, 0.15) is 11.7 Å². The van der Waals surface area contributed by atoms with Crippen molar-refractivity contribution in [1.82, 2.24) is 14.7 Å². The fourth-order valence-electron chi connectivity index (χ4n) is 3.55. The number of fused-ring (bicyclic) bond motifs is 1. The van der Waals surface area contributed by atoms with Gasteiger partial charge in [0, 0.05) is 18.5 Å². The van der Waals surface area contributed by atoms with Crippen molar-refractivity contribution in [3.63, 3.8) is 0 Å². The summed E-state index contributed by atoms with van der Waals surface area (Å²) in [6, 6.07) is 10.8. The summed E-state index contributed by atoms with van der Waals surface area (Å²) in [7, 11) is 0. The molecule has 26 heavy (non-hydrogen) atoms. The number of nitrogens with zero attached hydrogens (tertiary/aromatic N) is 3. The minimum Gasteiger partial charge on any atom is -0.341 e. The summed E-state index contributed by atoms with van der Waals surface area (Å²) in [4.78, 5) is 28.8. The molecule has 3 aromatic rings. The summed E-state index contributed by atoms with van der Waals surface area (Å²) in [5.41, 5.74) is 0.548. The highest BCUT2D eigenvalue weighted by Gasteiger charge is 2.26. The van der Waals surface area contributed by atoms with E-state index >= 15 is 0 Å². The van der Waals surface area contributed by atoms with E-state index in [2.05, 4.69) is 5.10 Å². The number of amides is 1. The number of piperidine rings is 1. The second-order valence-electron chi connectivity index (χ2n) is 6.68. The first-order valence-electron chi connectivity index (χ1n) is 9.01. The Morgan fingerprint density at radius 3 is 2.50 bits per heavy atom. The molecule has 1 aliphatic rings. The summed E-state index contributed by atoms with van der Waals surface area (Å²) < 4.78 is 1.37.